The number of hydrogen-bond acceptors (Lipinski definition) is 5. The van der Waals surface area contributed by atoms with Gasteiger partial charge in [-0.15, -0.1) is 0 Å². The molecule has 0 bridgehead atoms. The highest BCUT2D eigenvalue weighted by Crippen LogP contribution is 2.48. The molecule has 0 aromatic heterocycles. The maximum Gasteiger partial charge on any atom is 0.302 e. The lowest BCUT2D eigenvalue weighted by Crippen LogP contribution is -2.28. The van der Waals surface area contributed by atoms with E-state index in [1.54, 1.807) is 0 Å². The Bertz CT molecular complexity index is 688. The molecule has 0 saturated heterocycles. The van der Waals surface area contributed by atoms with Crippen LogP contribution in [0.25, 0.3) is 0 Å². The van der Waals surface area contributed by atoms with E-state index < -0.39 is 0 Å². The van der Waals surface area contributed by atoms with Crippen LogP contribution in [0.1, 0.15) is 69.9 Å². The molecule has 5 atom stereocenters. The minimum atomic E-state index is -0.294. The van der Waals surface area contributed by atoms with E-state index in [1.165, 1.54) is 30.9 Å². The molecule has 0 amide bonds. The fourth-order valence-corrected chi connectivity index (χ4v) is 5.44. The lowest BCUT2D eigenvalue weighted by molar-refractivity contribution is -0.141. The van der Waals surface area contributed by atoms with E-state index in [2.05, 4.69) is 13.0 Å². The summed E-state index contributed by atoms with van der Waals surface area (Å²) in [4.78, 5) is 10.9. The Morgan fingerprint density at radius 1 is 1.20 bits per heavy atom. The first-order valence-corrected chi connectivity index (χ1v) is 11.7. The second kappa shape index (κ2) is 11.1. The van der Waals surface area contributed by atoms with Gasteiger partial charge in [-0.25, -0.2) is 0 Å². The van der Waals surface area contributed by atoms with E-state index in [9.17, 15) is 15.0 Å². The number of ether oxygens (including phenoxy) is 2. The van der Waals surface area contributed by atoms with E-state index in [0.717, 1.165) is 50.7 Å². The molecular weight excluding hydrogens is 380 g/mol. The summed E-state index contributed by atoms with van der Waals surface area (Å²) in [6.07, 6.45) is 8.23. The predicted octanol–water partition coefficient (Wildman–Crippen LogP) is 4.06. The fourth-order valence-electron chi connectivity index (χ4n) is 5.44. The molecule has 1 fully saturated rings. The molecule has 0 aliphatic heterocycles. The molecule has 0 heterocycles. The summed E-state index contributed by atoms with van der Waals surface area (Å²) in [5.41, 5.74) is 2.55. The summed E-state index contributed by atoms with van der Waals surface area (Å²) < 4.78 is 10.9. The number of carbonyl (C=O) groups is 1. The van der Waals surface area contributed by atoms with Gasteiger partial charge in [0.05, 0.1) is 12.2 Å². The van der Waals surface area contributed by atoms with Crippen molar-refractivity contribution < 1.29 is 24.5 Å². The van der Waals surface area contributed by atoms with E-state index in [-0.39, 0.29) is 30.7 Å². The monoisotopic (exact) mass is 418 g/mol. The van der Waals surface area contributed by atoms with Gasteiger partial charge >= 0.3 is 5.97 Å². The van der Waals surface area contributed by atoms with Gasteiger partial charge in [0.15, 0.2) is 0 Å². The average Bonchev–Trinajstić information content (AvgIpc) is 3.02. The van der Waals surface area contributed by atoms with Crippen LogP contribution in [-0.2, 0) is 22.4 Å². The zero-order valence-electron chi connectivity index (χ0n) is 18.5. The van der Waals surface area contributed by atoms with Crippen molar-refractivity contribution in [2.24, 2.45) is 17.8 Å². The smallest absolute Gasteiger partial charge is 0.302 e. The third-order valence-corrected chi connectivity index (χ3v) is 6.97. The number of unbranched alkanes of at least 4 members (excludes halogenated alkanes) is 2. The number of carbonyl (C=O) groups excluding carboxylic acids is 1. The molecular formula is C25H38O5. The molecule has 3 rings (SSSR count). The largest absolute Gasteiger partial charge is 0.490 e. The second-order valence-corrected chi connectivity index (χ2v) is 9.11. The van der Waals surface area contributed by atoms with Crippen LogP contribution < -0.4 is 4.74 Å². The highest BCUT2D eigenvalue weighted by Gasteiger charge is 2.44. The zero-order valence-corrected chi connectivity index (χ0v) is 18.5. The Hall–Kier alpha value is -1.59. The van der Waals surface area contributed by atoms with Gasteiger partial charge in [-0.2, -0.15) is 0 Å². The highest BCUT2D eigenvalue weighted by atomic mass is 16.6. The molecule has 5 heteroatoms. The van der Waals surface area contributed by atoms with Crippen LogP contribution in [0.2, 0.25) is 0 Å². The van der Waals surface area contributed by atoms with E-state index in [4.69, 9.17) is 9.47 Å². The number of esters is 1. The van der Waals surface area contributed by atoms with Crippen molar-refractivity contribution in [3.8, 4) is 5.75 Å². The number of aliphatic hydroxyl groups is 2. The first-order valence-electron chi connectivity index (χ1n) is 11.7. The van der Waals surface area contributed by atoms with Crippen LogP contribution in [0.4, 0.5) is 0 Å². The van der Waals surface area contributed by atoms with Crippen molar-refractivity contribution in [3.05, 3.63) is 29.3 Å². The Kier molecular flexibility index (Phi) is 8.58. The van der Waals surface area contributed by atoms with Gasteiger partial charge < -0.3 is 19.7 Å². The third kappa shape index (κ3) is 5.98. The molecule has 30 heavy (non-hydrogen) atoms. The predicted molar refractivity (Wildman–Crippen MR) is 116 cm³/mol. The Morgan fingerprint density at radius 3 is 2.80 bits per heavy atom. The Labute approximate surface area is 180 Å². The summed E-state index contributed by atoms with van der Waals surface area (Å²) in [6, 6.07) is 6.19. The minimum absolute atomic E-state index is 0.240. The molecule has 1 saturated carbocycles. The molecule has 1 aromatic carbocycles. The van der Waals surface area contributed by atoms with Crippen LogP contribution in [0, 0.1) is 17.8 Å². The van der Waals surface area contributed by atoms with Gasteiger partial charge in [-0.1, -0.05) is 38.3 Å². The van der Waals surface area contributed by atoms with Crippen LogP contribution in [0.3, 0.4) is 0 Å². The molecule has 168 valence electrons. The maximum absolute atomic E-state index is 10.9. The van der Waals surface area contributed by atoms with Gasteiger partial charge in [0.2, 0.25) is 0 Å². The number of benzene rings is 1. The lowest BCUT2D eigenvalue weighted by Gasteiger charge is -2.32. The van der Waals surface area contributed by atoms with E-state index >= 15 is 0 Å². The van der Waals surface area contributed by atoms with Crippen molar-refractivity contribution >= 4 is 5.97 Å². The van der Waals surface area contributed by atoms with Gasteiger partial charge in [0.1, 0.15) is 19.0 Å². The second-order valence-electron chi connectivity index (χ2n) is 9.11. The molecule has 2 aliphatic carbocycles. The summed E-state index contributed by atoms with van der Waals surface area (Å²) in [6.45, 7) is 4.19. The number of aliphatic hydroxyl groups excluding tert-OH is 2. The standard InChI is InChI=1S/C25H38O5/c1-3-4-5-8-20(27)10-11-21-22-14-18-7-6-9-25(30-13-12-29-17(2)26)23(18)15-19(22)16-24(21)28/h6-7,9,19-22,24,27-28H,3-5,8,10-16H2,1-2H3/t19-,20-,21+,22-,24+/m0/s1. The van der Waals surface area contributed by atoms with Crippen LogP contribution in [-0.4, -0.2) is 41.6 Å². The Balaban J connectivity index is 1.58. The highest BCUT2D eigenvalue weighted by molar-refractivity contribution is 5.65. The normalized spacial score (nSPS) is 26.0. The number of hydrogen-bond donors (Lipinski definition) is 2. The lowest BCUT2D eigenvalue weighted by atomic mass is 9.73. The van der Waals surface area contributed by atoms with Crippen LogP contribution >= 0.6 is 0 Å². The first kappa shape index (κ1) is 23.1. The number of fused-ring (bicyclic) bond motifs is 2. The van der Waals surface area contributed by atoms with Crippen molar-refractivity contribution in [2.45, 2.75) is 83.8 Å². The summed E-state index contributed by atoms with van der Waals surface area (Å²) in [5, 5.41) is 21.1. The van der Waals surface area contributed by atoms with Gasteiger partial charge in [-0.05, 0) is 73.5 Å². The zero-order chi connectivity index (χ0) is 21.5. The van der Waals surface area contributed by atoms with E-state index in [0.29, 0.717) is 18.4 Å². The van der Waals surface area contributed by atoms with Crippen molar-refractivity contribution in [2.75, 3.05) is 13.2 Å². The average molecular weight is 419 g/mol. The Morgan fingerprint density at radius 2 is 2.03 bits per heavy atom. The fraction of sp³-hybridized carbons (Fsp3) is 0.720. The maximum atomic E-state index is 10.9. The van der Waals surface area contributed by atoms with Crippen molar-refractivity contribution in [3.63, 3.8) is 0 Å². The molecule has 2 aliphatic rings. The van der Waals surface area contributed by atoms with Gasteiger partial charge in [0, 0.05) is 6.92 Å². The van der Waals surface area contributed by atoms with Gasteiger partial charge in [-0.3, -0.25) is 4.79 Å². The molecule has 5 nitrogen and oxygen atoms in total. The third-order valence-electron chi connectivity index (χ3n) is 6.97. The first-order chi connectivity index (χ1) is 14.5. The minimum Gasteiger partial charge on any atom is -0.490 e. The van der Waals surface area contributed by atoms with Crippen LogP contribution in [0.5, 0.6) is 5.75 Å². The SMILES string of the molecule is CCCCC[C@H](O)CC[C@@H]1[C@H]2Cc3cccc(OCCOC(C)=O)c3C[C@H]2C[C@H]1O. The quantitative estimate of drug-likeness (QED) is 0.419. The van der Waals surface area contributed by atoms with Gasteiger partial charge in [0.25, 0.3) is 0 Å². The van der Waals surface area contributed by atoms with Crippen molar-refractivity contribution in [1.82, 2.24) is 0 Å². The van der Waals surface area contributed by atoms with Crippen LogP contribution in [0.15, 0.2) is 18.2 Å². The molecule has 0 unspecified atom stereocenters. The molecule has 0 spiro atoms. The topological polar surface area (TPSA) is 76.0 Å². The summed E-state index contributed by atoms with van der Waals surface area (Å²) >= 11 is 0. The molecule has 0 radical (unpaired) electrons. The summed E-state index contributed by atoms with van der Waals surface area (Å²) in [7, 11) is 0. The van der Waals surface area contributed by atoms with E-state index in [1.807, 2.05) is 12.1 Å². The molecule has 2 N–H and O–H groups in total. The number of rotatable bonds is 11. The molecule has 1 aromatic rings. The summed E-state index contributed by atoms with van der Waals surface area (Å²) in [5.74, 6) is 1.80. The van der Waals surface area contributed by atoms with Crippen molar-refractivity contribution in [1.29, 1.82) is 0 Å².